The van der Waals surface area contributed by atoms with E-state index < -0.39 is 0 Å². The molecule has 28 heavy (non-hydrogen) atoms. The third-order valence-electron chi connectivity index (χ3n) is 5.03. The summed E-state index contributed by atoms with van der Waals surface area (Å²) < 4.78 is 1.83. The minimum atomic E-state index is 0.000815. The van der Waals surface area contributed by atoms with Gasteiger partial charge >= 0.3 is 0 Å². The highest BCUT2D eigenvalue weighted by Crippen LogP contribution is 2.33. The molecule has 1 saturated heterocycles. The Hall–Kier alpha value is -2.67. The maximum Gasteiger partial charge on any atom is 0.255 e. The molecule has 1 aliphatic rings. The second kappa shape index (κ2) is 7.39. The third kappa shape index (κ3) is 3.30. The quantitative estimate of drug-likeness (QED) is 0.726. The fraction of sp³-hybridized carbons (Fsp3) is 0.400. The third-order valence-corrected chi connectivity index (χ3v) is 5.33. The van der Waals surface area contributed by atoms with E-state index in [4.69, 9.17) is 17.3 Å². The van der Waals surface area contributed by atoms with Crippen LogP contribution in [0.25, 0.3) is 16.9 Å². The van der Waals surface area contributed by atoms with Crippen molar-refractivity contribution >= 4 is 34.4 Å². The number of anilines is 1. The highest BCUT2D eigenvalue weighted by atomic mass is 35.5. The number of amides is 1. The Morgan fingerprint density at radius 2 is 1.96 bits per heavy atom. The van der Waals surface area contributed by atoms with Crippen LogP contribution in [0.4, 0.5) is 5.82 Å². The molecule has 1 fully saturated rings. The molecular weight excluding hydrogens is 376 g/mol. The van der Waals surface area contributed by atoms with Gasteiger partial charge in [-0.15, -0.1) is 0 Å². The second-order valence-corrected chi connectivity index (χ2v) is 8.00. The van der Waals surface area contributed by atoms with Gasteiger partial charge in [-0.25, -0.2) is 15.0 Å². The number of carbonyl (C=O) groups excluding carboxylic acids is 1. The molecule has 2 aromatic heterocycles. The first-order valence-electron chi connectivity index (χ1n) is 9.51. The van der Waals surface area contributed by atoms with Crippen molar-refractivity contribution in [3.63, 3.8) is 0 Å². The van der Waals surface area contributed by atoms with Crippen LogP contribution < -0.4 is 5.73 Å². The number of benzene rings is 1. The summed E-state index contributed by atoms with van der Waals surface area (Å²) >= 11 is 6.67. The highest BCUT2D eigenvalue weighted by molar-refractivity contribution is 6.35. The van der Waals surface area contributed by atoms with Crippen LogP contribution >= 0.6 is 11.6 Å². The molecule has 0 atom stereocenters. The molecule has 0 radical (unpaired) electrons. The van der Waals surface area contributed by atoms with Crippen molar-refractivity contribution in [1.29, 1.82) is 0 Å². The number of carbonyl (C=O) groups is 1. The van der Waals surface area contributed by atoms with E-state index in [0.717, 1.165) is 48.9 Å². The van der Waals surface area contributed by atoms with Gasteiger partial charge in [0.1, 0.15) is 24.3 Å². The van der Waals surface area contributed by atoms with E-state index in [1.54, 1.807) is 18.5 Å². The zero-order chi connectivity index (χ0) is 19.8. The van der Waals surface area contributed by atoms with Gasteiger partial charge in [-0.05, 0) is 36.8 Å². The number of aromatic nitrogens is 4. The number of imidazole rings is 1. The maximum atomic E-state index is 13.2. The van der Waals surface area contributed by atoms with E-state index in [2.05, 4.69) is 28.8 Å². The molecular formula is C20H23ClN6O. The van der Waals surface area contributed by atoms with Crippen LogP contribution in [-0.2, 0) is 6.42 Å². The van der Waals surface area contributed by atoms with E-state index in [9.17, 15) is 4.79 Å². The Morgan fingerprint density at radius 3 is 2.64 bits per heavy atom. The van der Waals surface area contributed by atoms with Gasteiger partial charge in [0.25, 0.3) is 5.91 Å². The molecule has 0 spiro atoms. The van der Waals surface area contributed by atoms with Gasteiger partial charge < -0.3 is 10.6 Å². The number of hydrogen-bond acceptors (Lipinski definition) is 5. The Balaban J connectivity index is 1.91. The van der Waals surface area contributed by atoms with Gasteiger partial charge in [-0.2, -0.15) is 0 Å². The van der Waals surface area contributed by atoms with Crippen LogP contribution in [0.15, 0.2) is 24.8 Å². The molecule has 1 aromatic carbocycles. The highest BCUT2D eigenvalue weighted by Gasteiger charge is 2.27. The number of nitrogen functional groups attached to an aromatic ring is 1. The Morgan fingerprint density at radius 1 is 1.21 bits per heavy atom. The summed E-state index contributed by atoms with van der Waals surface area (Å²) in [5, 5.41) is 0.448. The van der Waals surface area contributed by atoms with Gasteiger partial charge in [0.2, 0.25) is 0 Å². The zero-order valence-corrected chi connectivity index (χ0v) is 16.8. The van der Waals surface area contributed by atoms with Crippen LogP contribution in [0.1, 0.15) is 42.6 Å². The van der Waals surface area contributed by atoms with Crippen LogP contribution in [0.3, 0.4) is 0 Å². The number of halogens is 1. The van der Waals surface area contributed by atoms with E-state index in [1.165, 1.54) is 6.33 Å². The SMILES string of the molecule is CC(C)Cc1c(C(=O)N2CCCC2)c(Cl)cc2c1ncn2-c1cc(N)ncn1. The van der Waals surface area contributed by atoms with Crippen molar-refractivity contribution in [2.45, 2.75) is 33.1 Å². The van der Waals surface area contributed by atoms with Gasteiger partial charge in [0.05, 0.1) is 21.6 Å². The topological polar surface area (TPSA) is 89.9 Å². The molecule has 7 nitrogen and oxygen atoms in total. The first kappa shape index (κ1) is 18.7. The number of fused-ring (bicyclic) bond motifs is 1. The predicted molar refractivity (Wildman–Crippen MR) is 110 cm³/mol. The number of rotatable bonds is 4. The van der Waals surface area contributed by atoms with Gasteiger partial charge in [-0.1, -0.05) is 25.4 Å². The van der Waals surface area contributed by atoms with Crippen molar-refractivity contribution in [3.8, 4) is 5.82 Å². The van der Waals surface area contributed by atoms with Gasteiger partial charge in [0.15, 0.2) is 0 Å². The number of likely N-dealkylation sites (tertiary alicyclic amines) is 1. The lowest BCUT2D eigenvalue weighted by atomic mass is 9.95. The van der Waals surface area contributed by atoms with Gasteiger partial charge in [0, 0.05) is 19.2 Å². The van der Waals surface area contributed by atoms with Crippen LogP contribution in [-0.4, -0.2) is 43.4 Å². The average Bonchev–Trinajstić information content (AvgIpc) is 3.31. The number of nitrogens with zero attached hydrogens (tertiary/aromatic N) is 5. The number of nitrogens with two attached hydrogens (primary N) is 1. The van der Waals surface area contributed by atoms with E-state index in [-0.39, 0.29) is 5.91 Å². The van der Waals surface area contributed by atoms with Crippen LogP contribution in [0.5, 0.6) is 0 Å². The van der Waals surface area contributed by atoms with Crippen molar-refractivity contribution in [3.05, 3.63) is 40.9 Å². The second-order valence-electron chi connectivity index (χ2n) is 7.59. The summed E-state index contributed by atoms with van der Waals surface area (Å²) in [6.07, 6.45) is 5.90. The van der Waals surface area contributed by atoms with E-state index >= 15 is 0 Å². The minimum absolute atomic E-state index is 0.000815. The lowest BCUT2D eigenvalue weighted by Crippen LogP contribution is -2.29. The molecule has 8 heteroatoms. The first-order valence-corrected chi connectivity index (χ1v) is 9.89. The summed E-state index contributed by atoms with van der Waals surface area (Å²) in [7, 11) is 0. The molecule has 0 aliphatic carbocycles. The summed E-state index contributed by atoms with van der Waals surface area (Å²) in [6.45, 7) is 5.81. The van der Waals surface area contributed by atoms with E-state index in [0.29, 0.717) is 28.1 Å². The normalized spacial score (nSPS) is 14.4. The first-order chi connectivity index (χ1) is 13.5. The summed E-state index contributed by atoms with van der Waals surface area (Å²) in [4.78, 5) is 27.9. The molecule has 0 saturated carbocycles. The fourth-order valence-corrected chi connectivity index (χ4v) is 4.07. The van der Waals surface area contributed by atoms with Crippen molar-refractivity contribution < 1.29 is 4.79 Å². The molecule has 0 bridgehead atoms. The van der Waals surface area contributed by atoms with E-state index in [1.807, 2.05) is 9.47 Å². The summed E-state index contributed by atoms with van der Waals surface area (Å²) in [6, 6.07) is 3.48. The Kier molecular flexibility index (Phi) is 4.93. The lowest BCUT2D eigenvalue weighted by Gasteiger charge is -2.20. The van der Waals surface area contributed by atoms with Crippen LogP contribution in [0, 0.1) is 5.92 Å². The predicted octanol–water partition coefficient (Wildman–Crippen LogP) is 3.49. The molecule has 3 aromatic rings. The minimum Gasteiger partial charge on any atom is -0.384 e. The van der Waals surface area contributed by atoms with Crippen molar-refractivity contribution in [2.75, 3.05) is 18.8 Å². The van der Waals surface area contributed by atoms with Crippen LogP contribution in [0.2, 0.25) is 5.02 Å². The van der Waals surface area contributed by atoms with Crippen molar-refractivity contribution in [2.24, 2.45) is 5.92 Å². The summed E-state index contributed by atoms with van der Waals surface area (Å²) in [5.41, 5.74) is 8.86. The van der Waals surface area contributed by atoms with Crippen molar-refractivity contribution in [1.82, 2.24) is 24.4 Å². The number of hydrogen-bond donors (Lipinski definition) is 1. The maximum absolute atomic E-state index is 13.2. The van der Waals surface area contributed by atoms with Gasteiger partial charge in [-0.3, -0.25) is 9.36 Å². The zero-order valence-electron chi connectivity index (χ0n) is 16.0. The monoisotopic (exact) mass is 398 g/mol. The molecule has 3 heterocycles. The molecule has 1 aliphatic heterocycles. The fourth-order valence-electron chi connectivity index (χ4n) is 3.78. The largest absolute Gasteiger partial charge is 0.384 e. The summed E-state index contributed by atoms with van der Waals surface area (Å²) in [5.74, 6) is 1.34. The lowest BCUT2D eigenvalue weighted by molar-refractivity contribution is 0.0792. The smallest absolute Gasteiger partial charge is 0.255 e. The average molecular weight is 399 g/mol. The molecule has 4 rings (SSSR count). The molecule has 146 valence electrons. The molecule has 0 unspecified atom stereocenters. The molecule has 2 N–H and O–H groups in total. The Bertz CT molecular complexity index is 1040. The standard InChI is InChI=1S/C20H23ClN6O/c1-12(2)7-13-18(20(28)26-5-3-4-6-26)14(21)8-15-19(13)25-11-27(15)17-9-16(22)23-10-24-17/h8-12H,3-7H2,1-2H3,(H2,22,23,24). The Labute approximate surface area is 168 Å². The molecule has 1 amide bonds.